The van der Waals surface area contributed by atoms with Crippen LogP contribution >= 0.6 is 0 Å². The molecule has 1 aromatic heterocycles. The average molecular weight is 387 g/mol. The Morgan fingerprint density at radius 2 is 1.48 bits per heavy atom. The van der Waals surface area contributed by atoms with Crippen molar-refractivity contribution in [3.8, 4) is 5.75 Å². The van der Waals surface area contributed by atoms with Crippen molar-refractivity contribution in [2.45, 2.75) is 6.10 Å². The lowest BCUT2D eigenvalue weighted by Gasteiger charge is -2.12. The Bertz CT molecular complexity index is 1230. The highest BCUT2D eigenvalue weighted by Gasteiger charge is 2.21. The summed E-state index contributed by atoms with van der Waals surface area (Å²) in [5.41, 5.74) is 0.633. The highest BCUT2D eigenvalue weighted by Crippen LogP contribution is 2.27. The summed E-state index contributed by atoms with van der Waals surface area (Å²) in [7, 11) is 0. The molecule has 4 rings (SSSR count). The number of carbonyl (C=O) groups is 1. The Morgan fingerprint density at radius 3 is 2.21 bits per heavy atom. The van der Waals surface area contributed by atoms with Crippen LogP contribution in [0.1, 0.15) is 27.6 Å². The van der Waals surface area contributed by atoms with Crippen molar-refractivity contribution in [3.63, 3.8) is 0 Å². The fourth-order valence-corrected chi connectivity index (χ4v) is 3.10. The van der Waals surface area contributed by atoms with Crippen LogP contribution in [-0.2, 0) is 0 Å². The summed E-state index contributed by atoms with van der Waals surface area (Å²) in [5, 5.41) is 23.7. The number of carbonyl (C=O) groups excluding carboxylic acids is 1. The molecule has 6 nitrogen and oxygen atoms in total. The van der Waals surface area contributed by atoms with Crippen LogP contribution in [0, 0.1) is 0 Å². The number of amides is 1. The van der Waals surface area contributed by atoms with Gasteiger partial charge >= 0.3 is 5.63 Å². The molecule has 0 aliphatic heterocycles. The van der Waals surface area contributed by atoms with E-state index in [-0.39, 0.29) is 11.0 Å². The Morgan fingerprint density at radius 1 is 0.862 bits per heavy atom. The molecule has 0 radical (unpaired) electrons. The van der Waals surface area contributed by atoms with E-state index < -0.39 is 28.9 Å². The van der Waals surface area contributed by atoms with Crippen LogP contribution in [0.2, 0.25) is 0 Å². The van der Waals surface area contributed by atoms with Crippen LogP contribution in [-0.4, -0.2) is 16.1 Å². The average Bonchev–Trinajstić information content (AvgIpc) is 2.74. The molecule has 144 valence electrons. The maximum absolute atomic E-state index is 12.6. The lowest BCUT2D eigenvalue weighted by atomic mass is 10.0. The molecule has 0 aliphatic rings. The zero-order valence-corrected chi connectivity index (χ0v) is 15.2. The van der Waals surface area contributed by atoms with Gasteiger partial charge in [-0.3, -0.25) is 4.79 Å². The molecule has 0 fully saturated rings. The summed E-state index contributed by atoms with van der Waals surface area (Å²) < 4.78 is 5.12. The monoisotopic (exact) mass is 387 g/mol. The van der Waals surface area contributed by atoms with Gasteiger partial charge in [0.1, 0.15) is 17.4 Å². The molecule has 0 saturated heterocycles. The molecule has 0 bridgehead atoms. The van der Waals surface area contributed by atoms with Gasteiger partial charge in [-0.05, 0) is 35.4 Å². The van der Waals surface area contributed by atoms with Crippen molar-refractivity contribution in [1.29, 1.82) is 0 Å². The van der Waals surface area contributed by atoms with Gasteiger partial charge in [0.05, 0.1) is 5.39 Å². The third-order valence-electron chi connectivity index (χ3n) is 4.61. The fourth-order valence-electron chi connectivity index (χ4n) is 3.10. The molecule has 3 aromatic carbocycles. The molecule has 6 heteroatoms. The summed E-state index contributed by atoms with van der Waals surface area (Å²) >= 11 is 0. The SMILES string of the molecule is O=C(Nc1ccc(C(O)c2ccccc2)cc1)c1c(O)c2ccccc2oc1=O. The Labute approximate surface area is 165 Å². The van der Waals surface area contributed by atoms with Gasteiger partial charge in [-0.2, -0.15) is 0 Å². The Balaban J connectivity index is 1.58. The van der Waals surface area contributed by atoms with Gasteiger partial charge in [0, 0.05) is 5.69 Å². The van der Waals surface area contributed by atoms with Gasteiger partial charge in [0.25, 0.3) is 5.91 Å². The van der Waals surface area contributed by atoms with Gasteiger partial charge < -0.3 is 19.9 Å². The van der Waals surface area contributed by atoms with E-state index in [9.17, 15) is 19.8 Å². The number of fused-ring (bicyclic) bond motifs is 1. The number of aliphatic hydroxyl groups excluding tert-OH is 1. The van der Waals surface area contributed by atoms with Crippen LogP contribution in [0.25, 0.3) is 11.0 Å². The summed E-state index contributed by atoms with van der Waals surface area (Å²) in [6.07, 6.45) is -0.794. The van der Waals surface area contributed by atoms with Crippen molar-refractivity contribution in [2.75, 3.05) is 5.32 Å². The first kappa shape index (κ1) is 18.5. The number of rotatable bonds is 4. The minimum Gasteiger partial charge on any atom is -0.506 e. The summed E-state index contributed by atoms with van der Waals surface area (Å²) in [4.78, 5) is 24.7. The van der Waals surface area contributed by atoms with Crippen molar-refractivity contribution in [3.05, 3.63) is 106 Å². The summed E-state index contributed by atoms with van der Waals surface area (Å²) in [6, 6.07) is 22.2. The van der Waals surface area contributed by atoms with Crippen molar-refractivity contribution in [2.24, 2.45) is 0 Å². The normalized spacial score (nSPS) is 11.9. The Hall–Kier alpha value is -3.90. The maximum Gasteiger partial charge on any atom is 0.353 e. The number of anilines is 1. The Kier molecular flexibility index (Phi) is 4.85. The molecule has 0 aliphatic carbocycles. The summed E-state index contributed by atoms with van der Waals surface area (Å²) in [6.45, 7) is 0. The van der Waals surface area contributed by atoms with Crippen molar-refractivity contribution < 1.29 is 19.4 Å². The minimum absolute atomic E-state index is 0.200. The summed E-state index contributed by atoms with van der Waals surface area (Å²) in [5.74, 6) is -1.20. The second-order valence-electron chi connectivity index (χ2n) is 6.50. The van der Waals surface area contributed by atoms with Gasteiger partial charge in [-0.1, -0.05) is 54.6 Å². The van der Waals surface area contributed by atoms with Crippen LogP contribution in [0.3, 0.4) is 0 Å². The van der Waals surface area contributed by atoms with Crippen LogP contribution in [0.4, 0.5) is 5.69 Å². The smallest absolute Gasteiger partial charge is 0.353 e. The molecule has 1 atom stereocenters. The van der Waals surface area contributed by atoms with Crippen LogP contribution in [0.5, 0.6) is 5.75 Å². The van der Waals surface area contributed by atoms with E-state index in [4.69, 9.17) is 4.42 Å². The van der Waals surface area contributed by atoms with Gasteiger partial charge in [-0.15, -0.1) is 0 Å². The highest BCUT2D eigenvalue weighted by atomic mass is 16.4. The standard InChI is InChI=1S/C23H17NO5/c25-20(14-6-2-1-3-7-14)15-10-12-16(13-11-15)24-22(27)19-21(26)17-8-4-5-9-18(17)29-23(19)28/h1-13,20,25-26H,(H,24,27). The predicted molar refractivity (Wildman–Crippen MR) is 109 cm³/mol. The quantitative estimate of drug-likeness (QED) is 0.462. The highest BCUT2D eigenvalue weighted by molar-refractivity contribution is 6.08. The van der Waals surface area contributed by atoms with Gasteiger partial charge in [-0.25, -0.2) is 4.79 Å². The number of benzene rings is 3. The van der Waals surface area contributed by atoms with Crippen LogP contribution in [0.15, 0.2) is 88.1 Å². The molecule has 4 aromatic rings. The lowest BCUT2D eigenvalue weighted by molar-refractivity contribution is 0.102. The predicted octanol–water partition coefficient (Wildman–Crippen LogP) is 3.83. The first-order valence-corrected chi connectivity index (χ1v) is 8.94. The van der Waals surface area contributed by atoms with E-state index >= 15 is 0 Å². The van der Waals surface area contributed by atoms with Crippen molar-refractivity contribution >= 4 is 22.6 Å². The number of hydrogen-bond donors (Lipinski definition) is 3. The molecule has 1 unspecified atom stereocenters. The van der Waals surface area contributed by atoms with E-state index in [1.54, 1.807) is 42.5 Å². The number of nitrogens with one attached hydrogen (secondary N) is 1. The molecular weight excluding hydrogens is 370 g/mol. The van der Waals surface area contributed by atoms with Gasteiger partial charge in [0.15, 0.2) is 5.56 Å². The van der Waals surface area contributed by atoms with E-state index in [0.717, 1.165) is 5.56 Å². The third kappa shape index (κ3) is 3.61. The second kappa shape index (κ2) is 7.61. The molecule has 29 heavy (non-hydrogen) atoms. The molecule has 3 N–H and O–H groups in total. The van der Waals surface area contributed by atoms with E-state index in [1.807, 2.05) is 30.3 Å². The maximum atomic E-state index is 12.6. The fraction of sp³-hybridized carbons (Fsp3) is 0.0435. The molecule has 1 heterocycles. The van der Waals surface area contributed by atoms with Gasteiger partial charge in [0.2, 0.25) is 0 Å². The number of aliphatic hydroxyl groups is 1. The van der Waals surface area contributed by atoms with Crippen molar-refractivity contribution in [1.82, 2.24) is 0 Å². The lowest BCUT2D eigenvalue weighted by Crippen LogP contribution is -2.21. The number of hydrogen-bond acceptors (Lipinski definition) is 5. The van der Waals surface area contributed by atoms with E-state index in [1.165, 1.54) is 6.07 Å². The zero-order chi connectivity index (χ0) is 20.4. The molecule has 0 saturated carbocycles. The largest absolute Gasteiger partial charge is 0.506 e. The number of aromatic hydroxyl groups is 1. The van der Waals surface area contributed by atoms with E-state index in [2.05, 4.69) is 5.32 Å². The second-order valence-corrected chi connectivity index (χ2v) is 6.50. The first-order valence-electron chi connectivity index (χ1n) is 8.94. The third-order valence-corrected chi connectivity index (χ3v) is 4.61. The van der Waals surface area contributed by atoms with Crippen LogP contribution < -0.4 is 10.9 Å². The number of para-hydroxylation sites is 1. The molecular formula is C23H17NO5. The van der Waals surface area contributed by atoms with E-state index in [0.29, 0.717) is 11.3 Å². The molecule has 0 spiro atoms. The topological polar surface area (TPSA) is 99.8 Å². The first-order chi connectivity index (χ1) is 14.0. The molecule has 1 amide bonds. The zero-order valence-electron chi connectivity index (χ0n) is 15.2. The minimum atomic E-state index is -0.921.